The molecule has 1 amide bonds. The third-order valence-corrected chi connectivity index (χ3v) is 3.27. The summed E-state index contributed by atoms with van der Waals surface area (Å²) >= 11 is 0. The summed E-state index contributed by atoms with van der Waals surface area (Å²) in [7, 11) is 0. The average Bonchev–Trinajstić information content (AvgIpc) is 2.80. The number of nitrogens with zero attached hydrogens (tertiary/aromatic N) is 1. The van der Waals surface area contributed by atoms with Gasteiger partial charge in [-0.05, 0) is 30.2 Å². The van der Waals surface area contributed by atoms with Crippen LogP contribution >= 0.6 is 0 Å². The minimum absolute atomic E-state index is 0.171. The van der Waals surface area contributed by atoms with Crippen LogP contribution in [0.15, 0.2) is 41.3 Å². The molecule has 5 nitrogen and oxygen atoms in total. The molecule has 0 fully saturated rings. The predicted molar refractivity (Wildman–Crippen MR) is 73.3 cm³/mol. The van der Waals surface area contributed by atoms with Gasteiger partial charge in [-0.25, -0.2) is 0 Å². The van der Waals surface area contributed by atoms with Crippen molar-refractivity contribution >= 4 is 17.3 Å². The Labute approximate surface area is 109 Å². The van der Waals surface area contributed by atoms with Crippen molar-refractivity contribution < 1.29 is 4.79 Å². The van der Waals surface area contributed by atoms with Crippen LogP contribution in [0.3, 0.4) is 0 Å². The van der Waals surface area contributed by atoms with Gasteiger partial charge in [-0.2, -0.15) is 0 Å². The van der Waals surface area contributed by atoms with Crippen LogP contribution in [0.2, 0.25) is 0 Å². The number of carbonyl (C=O) groups is 1. The fraction of sp³-hybridized carbons (Fsp3) is 0.143. The molecule has 3 N–H and O–H groups in total. The molecular weight excluding hydrogens is 242 g/mol. The highest BCUT2D eigenvalue weighted by molar-refractivity contribution is 6.07. The molecule has 3 rings (SSSR count). The number of amides is 1. The predicted octanol–water partition coefficient (Wildman–Crippen LogP) is 1.16. The molecule has 0 saturated heterocycles. The van der Waals surface area contributed by atoms with Crippen molar-refractivity contribution in [3.63, 3.8) is 0 Å². The molecule has 0 atom stereocenters. The Bertz CT molecular complexity index is 706. The van der Waals surface area contributed by atoms with E-state index in [9.17, 15) is 9.59 Å². The molecule has 1 aliphatic rings. The Balaban J connectivity index is 2.00. The van der Waals surface area contributed by atoms with E-state index in [-0.39, 0.29) is 11.5 Å². The van der Waals surface area contributed by atoms with Gasteiger partial charge in [0.05, 0.1) is 0 Å². The summed E-state index contributed by atoms with van der Waals surface area (Å²) in [6.45, 7) is 0.615. The van der Waals surface area contributed by atoms with E-state index in [0.717, 1.165) is 17.7 Å². The summed E-state index contributed by atoms with van der Waals surface area (Å²) in [5, 5.41) is 0. The van der Waals surface area contributed by atoms with Crippen molar-refractivity contribution in [1.82, 2.24) is 4.98 Å². The van der Waals surface area contributed by atoms with Crippen molar-refractivity contribution in [2.75, 3.05) is 17.2 Å². The van der Waals surface area contributed by atoms with Gasteiger partial charge in [0.1, 0.15) is 0 Å². The van der Waals surface area contributed by atoms with E-state index in [1.54, 1.807) is 17.0 Å². The normalized spacial score (nSPS) is 13.4. The monoisotopic (exact) mass is 255 g/mol. The SMILES string of the molecule is Nc1ccc2c(c1)N(C(=O)c1cc[nH]c(=O)c1)CC2. The molecule has 2 aromatic rings. The van der Waals surface area contributed by atoms with Crippen molar-refractivity contribution in [3.05, 3.63) is 58.0 Å². The van der Waals surface area contributed by atoms with E-state index in [1.807, 2.05) is 12.1 Å². The number of fused-ring (bicyclic) bond motifs is 1. The number of H-pyrrole nitrogens is 1. The van der Waals surface area contributed by atoms with Crippen LogP contribution in [0.1, 0.15) is 15.9 Å². The minimum atomic E-state index is -0.280. The summed E-state index contributed by atoms with van der Waals surface area (Å²) in [6, 6.07) is 8.49. The van der Waals surface area contributed by atoms with E-state index in [1.165, 1.54) is 12.3 Å². The van der Waals surface area contributed by atoms with Gasteiger partial charge in [0.25, 0.3) is 5.91 Å². The third kappa shape index (κ3) is 1.99. The number of hydrogen-bond acceptors (Lipinski definition) is 3. The van der Waals surface area contributed by atoms with E-state index >= 15 is 0 Å². The topological polar surface area (TPSA) is 79.2 Å². The molecule has 0 radical (unpaired) electrons. The maximum atomic E-state index is 12.4. The Morgan fingerprint density at radius 2 is 2.11 bits per heavy atom. The second-order valence-corrected chi connectivity index (χ2v) is 4.54. The number of benzene rings is 1. The van der Waals surface area contributed by atoms with Gasteiger partial charge in [0.2, 0.25) is 5.56 Å². The first-order valence-corrected chi connectivity index (χ1v) is 6.04. The summed E-state index contributed by atoms with van der Waals surface area (Å²) in [5.74, 6) is -0.171. The molecule has 96 valence electrons. The molecule has 1 aromatic carbocycles. The second kappa shape index (κ2) is 4.28. The lowest BCUT2D eigenvalue weighted by atomic mass is 10.1. The number of rotatable bonds is 1. The number of anilines is 2. The highest BCUT2D eigenvalue weighted by atomic mass is 16.2. The standard InChI is InChI=1S/C14H13N3O2/c15-11-2-1-9-4-6-17(12(9)8-11)14(19)10-3-5-16-13(18)7-10/h1-3,5,7-8H,4,6,15H2,(H,16,18). The van der Waals surface area contributed by atoms with Crippen LogP contribution in [-0.2, 0) is 6.42 Å². The number of pyridine rings is 1. The van der Waals surface area contributed by atoms with Crippen molar-refractivity contribution in [2.45, 2.75) is 6.42 Å². The summed E-state index contributed by atoms with van der Waals surface area (Å²) in [5.41, 5.74) is 8.44. The van der Waals surface area contributed by atoms with Crippen LogP contribution in [0.4, 0.5) is 11.4 Å². The van der Waals surface area contributed by atoms with Gasteiger partial charge in [0, 0.05) is 35.7 Å². The number of hydrogen-bond donors (Lipinski definition) is 2. The fourth-order valence-electron chi connectivity index (χ4n) is 2.34. The Kier molecular flexibility index (Phi) is 2.59. The molecule has 2 heterocycles. The number of nitrogen functional groups attached to an aromatic ring is 1. The van der Waals surface area contributed by atoms with Gasteiger partial charge in [-0.1, -0.05) is 6.07 Å². The first kappa shape index (κ1) is 11.5. The second-order valence-electron chi connectivity index (χ2n) is 4.54. The zero-order chi connectivity index (χ0) is 13.4. The zero-order valence-electron chi connectivity index (χ0n) is 10.2. The Morgan fingerprint density at radius 3 is 2.89 bits per heavy atom. The maximum Gasteiger partial charge on any atom is 0.258 e. The highest BCUT2D eigenvalue weighted by Crippen LogP contribution is 2.30. The molecule has 19 heavy (non-hydrogen) atoms. The van der Waals surface area contributed by atoms with E-state index in [0.29, 0.717) is 17.8 Å². The van der Waals surface area contributed by atoms with Crippen LogP contribution in [-0.4, -0.2) is 17.4 Å². The number of aromatic nitrogens is 1. The lowest BCUT2D eigenvalue weighted by molar-refractivity contribution is 0.0989. The number of carbonyl (C=O) groups excluding carboxylic acids is 1. The first-order chi connectivity index (χ1) is 9.15. The quantitative estimate of drug-likeness (QED) is 0.750. The van der Waals surface area contributed by atoms with Crippen LogP contribution in [0, 0.1) is 0 Å². The smallest absolute Gasteiger partial charge is 0.258 e. The lowest BCUT2D eigenvalue weighted by Crippen LogP contribution is -2.29. The molecule has 0 spiro atoms. The molecule has 0 bridgehead atoms. The minimum Gasteiger partial charge on any atom is -0.399 e. The van der Waals surface area contributed by atoms with E-state index in [2.05, 4.69) is 4.98 Å². The van der Waals surface area contributed by atoms with Crippen LogP contribution in [0.5, 0.6) is 0 Å². The van der Waals surface area contributed by atoms with Gasteiger partial charge < -0.3 is 15.6 Å². The Morgan fingerprint density at radius 1 is 1.26 bits per heavy atom. The molecule has 1 aromatic heterocycles. The molecule has 5 heteroatoms. The lowest BCUT2D eigenvalue weighted by Gasteiger charge is -2.17. The third-order valence-electron chi connectivity index (χ3n) is 3.27. The van der Waals surface area contributed by atoms with Crippen molar-refractivity contribution in [3.8, 4) is 0 Å². The van der Waals surface area contributed by atoms with Crippen LogP contribution in [0.25, 0.3) is 0 Å². The fourth-order valence-corrected chi connectivity index (χ4v) is 2.34. The van der Waals surface area contributed by atoms with Gasteiger partial charge in [0.15, 0.2) is 0 Å². The largest absolute Gasteiger partial charge is 0.399 e. The molecule has 0 unspecified atom stereocenters. The van der Waals surface area contributed by atoms with Gasteiger partial charge in [-0.3, -0.25) is 9.59 Å². The molecule has 0 saturated carbocycles. The summed E-state index contributed by atoms with van der Waals surface area (Å²) in [4.78, 5) is 27.8. The number of aromatic amines is 1. The van der Waals surface area contributed by atoms with Gasteiger partial charge >= 0.3 is 0 Å². The first-order valence-electron chi connectivity index (χ1n) is 6.04. The average molecular weight is 255 g/mol. The summed E-state index contributed by atoms with van der Waals surface area (Å²) < 4.78 is 0. The number of nitrogens with two attached hydrogens (primary N) is 1. The zero-order valence-corrected chi connectivity index (χ0v) is 10.2. The highest BCUT2D eigenvalue weighted by Gasteiger charge is 2.25. The van der Waals surface area contributed by atoms with Crippen molar-refractivity contribution in [1.29, 1.82) is 0 Å². The molecule has 1 aliphatic heterocycles. The van der Waals surface area contributed by atoms with E-state index in [4.69, 9.17) is 5.73 Å². The maximum absolute atomic E-state index is 12.4. The van der Waals surface area contributed by atoms with Crippen LogP contribution < -0.4 is 16.2 Å². The van der Waals surface area contributed by atoms with Crippen molar-refractivity contribution in [2.24, 2.45) is 0 Å². The molecule has 0 aliphatic carbocycles. The Hall–Kier alpha value is -2.56. The molecular formula is C14H13N3O2. The van der Waals surface area contributed by atoms with Gasteiger partial charge in [-0.15, -0.1) is 0 Å². The number of nitrogens with one attached hydrogen (secondary N) is 1. The van der Waals surface area contributed by atoms with E-state index < -0.39 is 0 Å². The summed E-state index contributed by atoms with van der Waals surface area (Å²) in [6.07, 6.45) is 2.29.